The Bertz CT molecular complexity index is 885. The van der Waals surface area contributed by atoms with Gasteiger partial charge in [0.05, 0.1) is 18.2 Å². The van der Waals surface area contributed by atoms with Crippen LogP contribution in [0.1, 0.15) is 20.7 Å². The van der Waals surface area contributed by atoms with Crippen LogP contribution in [0.4, 0.5) is 5.69 Å². The third kappa shape index (κ3) is 3.03. The van der Waals surface area contributed by atoms with E-state index in [0.717, 1.165) is 10.9 Å². The van der Waals surface area contributed by atoms with Gasteiger partial charge in [-0.1, -0.05) is 18.2 Å². The lowest BCUT2D eigenvalue weighted by Gasteiger charge is -2.08. The first-order valence-electron chi connectivity index (χ1n) is 7.02. The smallest absolute Gasteiger partial charge is 0.337 e. The van der Waals surface area contributed by atoms with E-state index in [2.05, 4.69) is 15.0 Å². The molecule has 0 bridgehead atoms. The van der Waals surface area contributed by atoms with Gasteiger partial charge in [-0.05, 0) is 36.4 Å². The van der Waals surface area contributed by atoms with E-state index in [1.807, 2.05) is 12.1 Å². The van der Waals surface area contributed by atoms with Gasteiger partial charge >= 0.3 is 5.97 Å². The number of nitrogens with zero attached hydrogens (tertiary/aromatic N) is 1. The zero-order chi connectivity index (χ0) is 16.2. The maximum atomic E-state index is 12.5. The largest absolute Gasteiger partial charge is 0.465 e. The Labute approximate surface area is 132 Å². The van der Waals surface area contributed by atoms with Crippen LogP contribution in [0.5, 0.6) is 0 Å². The highest BCUT2D eigenvalue weighted by molar-refractivity contribution is 6.12. The summed E-state index contributed by atoms with van der Waals surface area (Å²) in [6.07, 6.45) is 1.68. The fourth-order valence-corrected chi connectivity index (χ4v) is 2.34. The number of esters is 1. The van der Waals surface area contributed by atoms with Crippen molar-refractivity contribution >= 4 is 28.5 Å². The maximum absolute atomic E-state index is 12.5. The molecule has 3 aromatic rings. The van der Waals surface area contributed by atoms with Crippen LogP contribution in [0.2, 0.25) is 0 Å². The molecule has 1 aromatic heterocycles. The second-order valence-corrected chi connectivity index (χ2v) is 4.90. The van der Waals surface area contributed by atoms with E-state index in [4.69, 9.17) is 0 Å². The van der Waals surface area contributed by atoms with E-state index >= 15 is 0 Å². The zero-order valence-electron chi connectivity index (χ0n) is 12.4. The van der Waals surface area contributed by atoms with Crippen LogP contribution in [-0.2, 0) is 4.74 Å². The molecule has 23 heavy (non-hydrogen) atoms. The lowest BCUT2D eigenvalue weighted by Crippen LogP contribution is -2.13. The van der Waals surface area contributed by atoms with Crippen molar-refractivity contribution in [2.24, 2.45) is 0 Å². The van der Waals surface area contributed by atoms with Crippen molar-refractivity contribution in [3.63, 3.8) is 0 Å². The van der Waals surface area contributed by atoms with Crippen molar-refractivity contribution in [2.75, 3.05) is 12.4 Å². The molecule has 3 rings (SSSR count). The van der Waals surface area contributed by atoms with Gasteiger partial charge in [-0.3, -0.25) is 9.78 Å². The first kappa shape index (κ1) is 14.7. The van der Waals surface area contributed by atoms with E-state index in [1.54, 1.807) is 48.7 Å². The number of carbonyl (C=O) groups is 2. The van der Waals surface area contributed by atoms with Crippen molar-refractivity contribution in [1.29, 1.82) is 0 Å². The second-order valence-electron chi connectivity index (χ2n) is 4.90. The molecule has 1 heterocycles. The molecule has 0 radical (unpaired) electrons. The quantitative estimate of drug-likeness (QED) is 0.754. The number of rotatable bonds is 3. The van der Waals surface area contributed by atoms with Crippen molar-refractivity contribution in [2.45, 2.75) is 0 Å². The van der Waals surface area contributed by atoms with Crippen molar-refractivity contribution < 1.29 is 14.3 Å². The second kappa shape index (κ2) is 6.27. The number of pyridine rings is 1. The van der Waals surface area contributed by atoms with Crippen LogP contribution in [-0.4, -0.2) is 24.0 Å². The van der Waals surface area contributed by atoms with Crippen molar-refractivity contribution in [1.82, 2.24) is 4.98 Å². The number of methoxy groups -OCH3 is 1. The summed E-state index contributed by atoms with van der Waals surface area (Å²) in [5.41, 5.74) is 2.19. The average Bonchev–Trinajstić information content (AvgIpc) is 2.60. The Morgan fingerprint density at radius 3 is 2.70 bits per heavy atom. The van der Waals surface area contributed by atoms with E-state index in [0.29, 0.717) is 16.8 Å². The Kier molecular flexibility index (Phi) is 4.01. The average molecular weight is 306 g/mol. The van der Waals surface area contributed by atoms with Gasteiger partial charge in [0.1, 0.15) is 0 Å². The summed E-state index contributed by atoms with van der Waals surface area (Å²) in [6.45, 7) is 0. The molecule has 0 unspecified atom stereocenters. The minimum Gasteiger partial charge on any atom is -0.465 e. The van der Waals surface area contributed by atoms with Gasteiger partial charge in [-0.2, -0.15) is 0 Å². The summed E-state index contributed by atoms with van der Waals surface area (Å²) in [4.78, 5) is 28.3. The Hall–Kier alpha value is -3.21. The molecule has 0 aliphatic heterocycles. The number of ether oxygens (including phenoxy) is 1. The number of fused-ring (bicyclic) bond motifs is 1. The molecule has 5 nitrogen and oxygen atoms in total. The van der Waals surface area contributed by atoms with Crippen LogP contribution < -0.4 is 5.32 Å². The van der Waals surface area contributed by atoms with Gasteiger partial charge in [-0.25, -0.2) is 4.79 Å². The van der Waals surface area contributed by atoms with Crippen LogP contribution in [0.3, 0.4) is 0 Å². The molecule has 0 atom stereocenters. The SMILES string of the molecule is COC(=O)c1cccc(NC(=O)c2cccc3ncccc23)c1. The first-order chi connectivity index (χ1) is 11.2. The predicted octanol–water partition coefficient (Wildman–Crippen LogP) is 3.27. The van der Waals surface area contributed by atoms with Gasteiger partial charge in [0, 0.05) is 22.8 Å². The summed E-state index contributed by atoms with van der Waals surface area (Å²) in [7, 11) is 1.32. The van der Waals surface area contributed by atoms with Gasteiger partial charge in [-0.15, -0.1) is 0 Å². The summed E-state index contributed by atoms with van der Waals surface area (Å²) >= 11 is 0. The van der Waals surface area contributed by atoms with E-state index < -0.39 is 5.97 Å². The molecule has 5 heteroatoms. The Balaban J connectivity index is 1.91. The molecule has 0 fully saturated rings. The van der Waals surface area contributed by atoms with Gasteiger partial charge in [0.25, 0.3) is 5.91 Å². The Morgan fingerprint density at radius 2 is 1.87 bits per heavy atom. The monoisotopic (exact) mass is 306 g/mol. The zero-order valence-corrected chi connectivity index (χ0v) is 12.4. The fraction of sp³-hybridized carbons (Fsp3) is 0.0556. The number of aromatic nitrogens is 1. The van der Waals surface area contributed by atoms with E-state index in [1.165, 1.54) is 7.11 Å². The molecule has 2 aromatic carbocycles. The van der Waals surface area contributed by atoms with Crippen molar-refractivity contribution in [3.05, 3.63) is 71.9 Å². The van der Waals surface area contributed by atoms with Crippen LogP contribution in [0, 0.1) is 0 Å². The molecule has 0 saturated carbocycles. The summed E-state index contributed by atoms with van der Waals surface area (Å²) < 4.78 is 4.68. The standard InChI is InChI=1S/C18H14N2O3/c1-23-18(22)12-5-2-6-13(11-12)20-17(21)15-7-3-9-16-14(15)8-4-10-19-16/h2-11H,1H3,(H,20,21). The van der Waals surface area contributed by atoms with E-state index in [9.17, 15) is 9.59 Å². The lowest BCUT2D eigenvalue weighted by atomic mass is 10.1. The number of benzene rings is 2. The molecule has 0 aliphatic carbocycles. The first-order valence-corrected chi connectivity index (χ1v) is 7.02. The van der Waals surface area contributed by atoms with Crippen LogP contribution in [0.15, 0.2) is 60.8 Å². The molecule has 0 spiro atoms. The molecular weight excluding hydrogens is 292 g/mol. The molecule has 0 aliphatic rings. The minimum absolute atomic E-state index is 0.259. The summed E-state index contributed by atoms with van der Waals surface area (Å²) in [6, 6.07) is 15.6. The predicted molar refractivity (Wildman–Crippen MR) is 87.5 cm³/mol. The fourth-order valence-electron chi connectivity index (χ4n) is 2.34. The third-order valence-electron chi connectivity index (χ3n) is 3.43. The molecule has 1 N–H and O–H groups in total. The van der Waals surface area contributed by atoms with Gasteiger partial charge < -0.3 is 10.1 Å². The maximum Gasteiger partial charge on any atom is 0.337 e. The topological polar surface area (TPSA) is 68.3 Å². The normalized spacial score (nSPS) is 10.3. The summed E-state index contributed by atoms with van der Waals surface area (Å²) in [5, 5.41) is 3.57. The van der Waals surface area contributed by atoms with E-state index in [-0.39, 0.29) is 5.91 Å². The third-order valence-corrected chi connectivity index (χ3v) is 3.43. The number of hydrogen-bond acceptors (Lipinski definition) is 4. The highest BCUT2D eigenvalue weighted by Gasteiger charge is 2.12. The highest BCUT2D eigenvalue weighted by atomic mass is 16.5. The number of nitrogens with one attached hydrogen (secondary N) is 1. The van der Waals surface area contributed by atoms with Gasteiger partial charge in [0.15, 0.2) is 0 Å². The lowest BCUT2D eigenvalue weighted by molar-refractivity contribution is 0.0600. The Morgan fingerprint density at radius 1 is 1.04 bits per heavy atom. The van der Waals surface area contributed by atoms with Crippen molar-refractivity contribution in [3.8, 4) is 0 Å². The van der Waals surface area contributed by atoms with Gasteiger partial charge in [0.2, 0.25) is 0 Å². The number of anilines is 1. The minimum atomic E-state index is -0.449. The molecule has 114 valence electrons. The number of hydrogen-bond donors (Lipinski definition) is 1. The number of carbonyl (C=O) groups excluding carboxylic acids is 2. The molecular formula is C18H14N2O3. The molecule has 1 amide bonds. The summed E-state index contributed by atoms with van der Waals surface area (Å²) in [5.74, 6) is -0.707. The highest BCUT2D eigenvalue weighted by Crippen LogP contribution is 2.19. The number of amides is 1. The molecule has 0 saturated heterocycles. The van der Waals surface area contributed by atoms with Crippen LogP contribution in [0.25, 0.3) is 10.9 Å². The van der Waals surface area contributed by atoms with Crippen LogP contribution >= 0.6 is 0 Å².